The molecule has 0 aliphatic rings. The molecule has 3 aromatic rings. The zero-order valence-corrected chi connectivity index (χ0v) is 11.7. The fraction of sp³-hybridized carbons (Fsp3) is 0.133. The van der Waals surface area contributed by atoms with Crippen LogP contribution >= 0.6 is 0 Å². The van der Waals surface area contributed by atoms with Gasteiger partial charge in [0, 0.05) is 30.4 Å². The Morgan fingerprint density at radius 2 is 1.95 bits per heavy atom. The van der Waals surface area contributed by atoms with E-state index < -0.39 is 0 Å². The summed E-state index contributed by atoms with van der Waals surface area (Å²) >= 11 is 0. The maximum Gasteiger partial charge on any atom is 0.162 e. The van der Waals surface area contributed by atoms with Crippen LogP contribution in [0.2, 0.25) is 0 Å². The van der Waals surface area contributed by atoms with Crippen molar-refractivity contribution >= 4 is 5.82 Å². The molecule has 0 bridgehead atoms. The van der Waals surface area contributed by atoms with Gasteiger partial charge in [0.05, 0.1) is 11.9 Å². The molecule has 2 aromatic heterocycles. The molecule has 0 aliphatic carbocycles. The first-order valence-corrected chi connectivity index (χ1v) is 6.43. The van der Waals surface area contributed by atoms with E-state index in [0.717, 1.165) is 5.56 Å². The van der Waals surface area contributed by atoms with Crippen LogP contribution in [0.5, 0.6) is 0 Å². The molecule has 3 rings (SSSR count). The van der Waals surface area contributed by atoms with Gasteiger partial charge in [0.25, 0.3) is 0 Å². The van der Waals surface area contributed by atoms with Gasteiger partial charge >= 0.3 is 0 Å². The summed E-state index contributed by atoms with van der Waals surface area (Å²) in [7, 11) is 1.82. The summed E-state index contributed by atoms with van der Waals surface area (Å²) in [5, 5.41) is 4.11. The van der Waals surface area contributed by atoms with E-state index in [0.29, 0.717) is 28.5 Å². The maximum atomic E-state index is 13.7. The highest BCUT2D eigenvalue weighted by Gasteiger charge is 2.10. The van der Waals surface area contributed by atoms with Gasteiger partial charge in [0.2, 0.25) is 0 Å². The first kappa shape index (κ1) is 13.2. The monoisotopic (exact) mass is 283 g/mol. The number of nitrogens with zero attached hydrogens (tertiary/aromatic N) is 4. The van der Waals surface area contributed by atoms with Crippen molar-refractivity contribution < 1.29 is 4.39 Å². The predicted octanol–water partition coefficient (Wildman–Crippen LogP) is 2.57. The number of rotatable bonds is 2. The van der Waals surface area contributed by atoms with Crippen molar-refractivity contribution in [3.8, 4) is 22.6 Å². The number of nitrogens with two attached hydrogens (primary N) is 1. The fourth-order valence-electron chi connectivity index (χ4n) is 2.03. The van der Waals surface area contributed by atoms with Crippen molar-refractivity contribution in [2.75, 3.05) is 5.73 Å². The Labute approximate surface area is 121 Å². The molecule has 0 amide bonds. The summed E-state index contributed by atoms with van der Waals surface area (Å²) in [6.07, 6.45) is 3.53. The average molecular weight is 283 g/mol. The Balaban J connectivity index is 2.11. The van der Waals surface area contributed by atoms with Gasteiger partial charge in [0.15, 0.2) is 5.82 Å². The van der Waals surface area contributed by atoms with Crippen molar-refractivity contribution in [2.24, 2.45) is 7.05 Å². The summed E-state index contributed by atoms with van der Waals surface area (Å²) in [6, 6.07) is 6.56. The van der Waals surface area contributed by atoms with E-state index in [1.165, 1.54) is 6.07 Å². The Morgan fingerprint density at radius 3 is 2.62 bits per heavy atom. The molecule has 2 heterocycles. The summed E-state index contributed by atoms with van der Waals surface area (Å²) in [5.74, 6) is 0.439. The van der Waals surface area contributed by atoms with Gasteiger partial charge < -0.3 is 5.73 Å². The third-order valence-electron chi connectivity index (χ3n) is 3.18. The minimum absolute atomic E-state index is 0.290. The second kappa shape index (κ2) is 4.97. The largest absolute Gasteiger partial charge is 0.384 e. The Kier molecular flexibility index (Phi) is 3.13. The normalized spacial score (nSPS) is 10.8. The second-order valence-corrected chi connectivity index (χ2v) is 4.87. The lowest BCUT2D eigenvalue weighted by atomic mass is 10.1. The molecule has 21 heavy (non-hydrogen) atoms. The van der Waals surface area contributed by atoms with E-state index in [9.17, 15) is 4.39 Å². The summed E-state index contributed by atoms with van der Waals surface area (Å²) < 4.78 is 15.4. The van der Waals surface area contributed by atoms with Gasteiger partial charge in [-0.05, 0) is 18.6 Å². The molecule has 0 aliphatic heterocycles. The molecule has 0 saturated carbocycles. The average Bonchev–Trinajstić information content (AvgIpc) is 2.88. The Morgan fingerprint density at radius 1 is 1.14 bits per heavy atom. The summed E-state index contributed by atoms with van der Waals surface area (Å²) in [4.78, 5) is 8.63. The maximum absolute atomic E-state index is 13.7. The SMILES string of the molecule is Cc1ccc(-c2nc(N)cc(-c3cnn(C)c3)n2)cc1F. The minimum atomic E-state index is -0.290. The van der Waals surface area contributed by atoms with Gasteiger partial charge in [-0.25, -0.2) is 14.4 Å². The zero-order valence-electron chi connectivity index (χ0n) is 11.7. The van der Waals surface area contributed by atoms with Gasteiger partial charge in [-0.15, -0.1) is 0 Å². The zero-order chi connectivity index (χ0) is 15.0. The summed E-state index contributed by atoms with van der Waals surface area (Å²) in [5.41, 5.74) is 8.50. The molecule has 0 atom stereocenters. The molecule has 0 spiro atoms. The van der Waals surface area contributed by atoms with Crippen LogP contribution in [0.4, 0.5) is 10.2 Å². The predicted molar refractivity (Wildman–Crippen MR) is 78.8 cm³/mol. The standard InChI is InChI=1S/C15H14FN5/c1-9-3-4-10(5-12(9)16)15-19-13(6-14(17)20-15)11-7-18-21(2)8-11/h3-8H,1-2H3,(H2,17,19,20). The number of aromatic nitrogens is 4. The Bertz CT molecular complexity index is 810. The van der Waals surface area contributed by atoms with Crippen LogP contribution in [0.15, 0.2) is 36.7 Å². The van der Waals surface area contributed by atoms with Gasteiger partial charge in [0.1, 0.15) is 11.6 Å². The molecule has 0 radical (unpaired) electrons. The molecular weight excluding hydrogens is 269 g/mol. The third-order valence-corrected chi connectivity index (χ3v) is 3.18. The van der Waals surface area contributed by atoms with Crippen LogP contribution < -0.4 is 5.73 Å². The van der Waals surface area contributed by atoms with Crippen LogP contribution in [0, 0.1) is 12.7 Å². The first-order chi connectivity index (χ1) is 10.0. The Hall–Kier alpha value is -2.76. The van der Waals surface area contributed by atoms with Gasteiger partial charge in [-0.2, -0.15) is 5.10 Å². The molecular formula is C15H14FN5. The highest BCUT2D eigenvalue weighted by molar-refractivity contribution is 5.66. The lowest BCUT2D eigenvalue weighted by molar-refractivity contribution is 0.619. The molecule has 106 valence electrons. The van der Waals surface area contributed by atoms with Crippen LogP contribution in [-0.2, 0) is 7.05 Å². The molecule has 6 heteroatoms. The quantitative estimate of drug-likeness (QED) is 0.784. The first-order valence-electron chi connectivity index (χ1n) is 6.43. The van der Waals surface area contributed by atoms with E-state index in [1.54, 1.807) is 36.0 Å². The smallest absolute Gasteiger partial charge is 0.162 e. The highest BCUT2D eigenvalue weighted by atomic mass is 19.1. The highest BCUT2D eigenvalue weighted by Crippen LogP contribution is 2.24. The lowest BCUT2D eigenvalue weighted by Crippen LogP contribution is -1.98. The van der Waals surface area contributed by atoms with E-state index >= 15 is 0 Å². The molecule has 0 fully saturated rings. The van der Waals surface area contributed by atoms with Crippen molar-refractivity contribution in [2.45, 2.75) is 6.92 Å². The summed E-state index contributed by atoms with van der Waals surface area (Å²) in [6.45, 7) is 1.71. The number of hydrogen-bond donors (Lipinski definition) is 1. The molecule has 1 aromatic carbocycles. The van der Waals surface area contributed by atoms with E-state index in [4.69, 9.17) is 5.73 Å². The van der Waals surface area contributed by atoms with Crippen molar-refractivity contribution in [3.05, 3.63) is 48.0 Å². The molecule has 0 unspecified atom stereocenters. The van der Waals surface area contributed by atoms with Crippen LogP contribution in [0.25, 0.3) is 22.6 Å². The van der Waals surface area contributed by atoms with Crippen LogP contribution in [0.3, 0.4) is 0 Å². The van der Waals surface area contributed by atoms with Crippen molar-refractivity contribution in [1.29, 1.82) is 0 Å². The van der Waals surface area contributed by atoms with Crippen LogP contribution in [0.1, 0.15) is 5.56 Å². The fourth-order valence-corrected chi connectivity index (χ4v) is 2.03. The molecule has 2 N–H and O–H groups in total. The van der Waals surface area contributed by atoms with Crippen molar-refractivity contribution in [3.63, 3.8) is 0 Å². The van der Waals surface area contributed by atoms with E-state index in [2.05, 4.69) is 15.1 Å². The van der Waals surface area contributed by atoms with Gasteiger partial charge in [-0.3, -0.25) is 4.68 Å². The number of nitrogen functional groups attached to an aromatic ring is 1. The number of anilines is 1. The number of hydrogen-bond acceptors (Lipinski definition) is 4. The van der Waals surface area contributed by atoms with Crippen LogP contribution in [-0.4, -0.2) is 19.7 Å². The number of halogens is 1. The third kappa shape index (κ3) is 2.60. The number of benzene rings is 1. The second-order valence-electron chi connectivity index (χ2n) is 4.87. The number of aryl methyl sites for hydroxylation is 2. The van der Waals surface area contributed by atoms with Gasteiger partial charge in [-0.1, -0.05) is 12.1 Å². The molecule has 0 saturated heterocycles. The van der Waals surface area contributed by atoms with Crippen molar-refractivity contribution in [1.82, 2.24) is 19.7 Å². The molecule has 5 nitrogen and oxygen atoms in total. The topological polar surface area (TPSA) is 69.6 Å². The minimum Gasteiger partial charge on any atom is -0.384 e. The van der Waals surface area contributed by atoms with E-state index in [-0.39, 0.29) is 5.82 Å². The lowest BCUT2D eigenvalue weighted by Gasteiger charge is -2.06. The van der Waals surface area contributed by atoms with E-state index in [1.807, 2.05) is 13.2 Å².